The van der Waals surface area contributed by atoms with Crippen LogP contribution in [-0.4, -0.2) is 43.5 Å². The van der Waals surface area contributed by atoms with Crippen LogP contribution in [-0.2, 0) is 20.4 Å². The molecule has 1 heterocycles. The summed E-state index contributed by atoms with van der Waals surface area (Å²) >= 11 is 0. The van der Waals surface area contributed by atoms with E-state index in [4.69, 9.17) is 5.73 Å². The van der Waals surface area contributed by atoms with E-state index in [9.17, 15) is 13.2 Å². The number of amides is 1. The number of hydrogen-bond acceptors (Lipinski definition) is 4. The maximum Gasteiger partial charge on any atom is 0.244 e. The minimum absolute atomic E-state index is 0.0443. The van der Waals surface area contributed by atoms with Crippen molar-refractivity contribution in [3.63, 3.8) is 0 Å². The molecule has 0 aromatic heterocycles. The number of carbonyl (C=O) groups is 1. The van der Waals surface area contributed by atoms with Crippen LogP contribution in [0.3, 0.4) is 0 Å². The smallest absolute Gasteiger partial charge is 0.244 e. The maximum atomic E-state index is 12.5. The predicted molar refractivity (Wildman–Crippen MR) is 94.8 cm³/mol. The Labute approximate surface area is 144 Å². The quantitative estimate of drug-likeness (QED) is 0.803. The maximum absolute atomic E-state index is 12.5. The van der Waals surface area contributed by atoms with Crippen LogP contribution in [0.15, 0.2) is 30.3 Å². The molecule has 1 aromatic rings. The average Bonchev–Trinajstić information content (AvgIpc) is 2.56. The molecular formula is C17H27N3O3S. The number of piperidine rings is 1. The Kier molecular flexibility index (Phi) is 6.01. The predicted octanol–water partition coefficient (Wildman–Crippen LogP) is 1.18. The third kappa shape index (κ3) is 4.34. The Balaban J connectivity index is 1.93. The zero-order valence-corrected chi connectivity index (χ0v) is 15.2. The lowest BCUT2D eigenvalue weighted by Crippen LogP contribution is -2.54. The van der Waals surface area contributed by atoms with Crippen LogP contribution in [0, 0.1) is 0 Å². The van der Waals surface area contributed by atoms with E-state index in [1.807, 2.05) is 37.3 Å². The van der Waals surface area contributed by atoms with Crippen molar-refractivity contribution in [3.8, 4) is 0 Å². The lowest BCUT2D eigenvalue weighted by Gasteiger charge is -2.33. The highest BCUT2D eigenvalue weighted by Gasteiger charge is 2.34. The van der Waals surface area contributed by atoms with Crippen molar-refractivity contribution in [2.75, 3.05) is 18.8 Å². The first-order valence-corrected chi connectivity index (χ1v) is 10.0. The molecule has 3 N–H and O–H groups in total. The number of nitrogens with two attached hydrogens (primary N) is 1. The molecule has 134 valence electrons. The van der Waals surface area contributed by atoms with Crippen LogP contribution >= 0.6 is 0 Å². The monoisotopic (exact) mass is 353 g/mol. The molecule has 24 heavy (non-hydrogen) atoms. The van der Waals surface area contributed by atoms with Crippen molar-refractivity contribution in [2.24, 2.45) is 5.73 Å². The average molecular weight is 353 g/mol. The van der Waals surface area contributed by atoms with E-state index in [-0.39, 0.29) is 17.7 Å². The summed E-state index contributed by atoms with van der Waals surface area (Å²) in [6.07, 6.45) is 1.83. The molecule has 1 saturated heterocycles. The summed E-state index contributed by atoms with van der Waals surface area (Å²) < 4.78 is 25.7. The third-order valence-corrected chi connectivity index (χ3v) is 6.57. The van der Waals surface area contributed by atoms with Gasteiger partial charge in [-0.1, -0.05) is 37.3 Å². The van der Waals surface area contributed by atoms with Gasteiger partial charge in [-0.3, -0.25) is 4.79 Å². The Bertz CT molecular complexity index is 651. The number of benzene rings is 1. The molecule has 0 bridgehead atoms. The van der Waals surface area contributed by atoms with Gasteiger partial charge in [-0.05, 0) is 31.7 Å². The number of rotatable bonds is 6. The molecule has 1 unspecified atom stereocenters. The fourth-order valence-electron chi connectivity index (χ4n) is 2.92. The molecule has 1 aliphatic heterocycles. The molecule has 2 rings (SSSR count). The van der Waals surface area contributed by atoms with Gasteiger partial charge in [0.2, 0.25) is 15.9 Å². The molecule has 1 aliphatic rings. The SMILES string of the molecule is CCCS(=O)(=O)N1CCC(NC(=O)C(C)(N)c2ccccc2)CC1. The van der Waals surface area contributed by atoms with E-state index >= 15 is 0 Å². The van der Waals surface area contributed by atoms with Crippen LogP contribution in [0.1, 0.15) is 38.7 Å². The molecule has 1 aromatic carbocycles. The Morgan fingerprint density at radius 2 is 1.88 bits per heavy atom. The van der Waals surface area contributed by atoms with Crippen molar-refractivity contribution >= 4 is 15.9 Å². The summed E-state index contributed by atoms with van der Waals surface area (Å²) in [5, 5.41) is 2.98. The van der Waals surface area contributed by atoms with E-state index in [1.165, 1.54) is 4.31 Å². The van der Waals surface area contributed by atoms with E-state index < -0.39 is 15.6 Å². The minimum atomic E-state index is -3.16. The second-order valence-corrected chi connectivity index (χ2v) is 8.62. The molecule has 1 amide bonds. The second kappa shape index (κ2) is 7.63. The molecule has 1 fully saturated rings. The Morgan fingerprint density at radius 3 is 2.42 bits per heavy atom. The van der Waals surface area contributed by atoms with Crippen LogP contribution in [0.5, 0.6) is 0 Å². The molecule has 0 aliphatic carbocycles. The van der Waals surface area contributed by atoms with Gasteiger partial charge in [-0.15, -0.1) is 0 Å². The molecule has 6 nitrogen and oxygen atoms in total. The highest BCUT2D eigenvalue weighted by Crippen LogP contribution is 2.20. The molecule has 7 heteroatoms. The van der Waals surface area contributed by atoms with Gasteiger partial charge in [0, 0.05) is 19.1 Å². The number of nitrogens with one attached hydrogen (secondary N) is 1. The summed E-state index contributed by atoms with van der Waals surface area (Å²) in [5.41, 5.74) is 5.87. The summed E-state index contributed by atoms with van der Waals surface area (Å²) in [7, 11) is -3.16. The highest BCUT2D eigenvalue weighted by atomic mass is 32.2. The summed E-state index contributed by atoms with van der Waals surface area (Å²) in [6, 6.07) is 9.20. The molecular weight excluding hydrogens is 326 g/mol. The number of nitrogens with zero attached hydrogens (tertiary/aromatic N) is 1. The number of sulfonamides is 1. The number of carbonyl (C=O) groups excluding carboxylic acids is 1. The fourth-order valence-corrected chi connectivity index (χ4v) is 4.46. The van der Waals surface area contributed by atoms with Crippen LogP contribution in [0.4, 0.5) is 0 Å². The van der Waals surface area contributed by atoms with E-state index in [1.54, 1.807) is 6.92 Å². The van der Waals surface area contributed by atoms with Crippen molar-refractivity contribution < 1.29 is 13.2 Å². The third-order valence-electron chi connectivity index (χ3n) is 4.49. The Morgan fingerprint density at radius 1 is 1.29 bits per heavy atom. The van der Waals surface area contributed by atoms with Crippen molar-refractivity contribution in [1.29, 1.82) is 0 Å². The van der Waals surface area contributed by atoms with Crippen molar-refractivity contribution in [1.82, 2.24) is 9.62 Å². The lowest BCUT2D eigenvalue weighted by atomic mass is 9.91. The highest BCUT2D eigenvalue weighted by molar-refractivity contribution is 7.89. The van der Waals surface area contributed by atoms with Gasteiger partial charge in [0.1, 0.15) is 5.54 Å². The van der Waals surface area contributed by atoms with Crippen molar-refractivity contribution in [2.45, 2.75) is 44.7 Å². The first-order chi connectivity index (χ1) is 11.3. The first-order valence-electron chi connectivity index (χ1n) is 8.40. The molecule has 0 spiro atoms. The van der Waals surface area contributed by atoms with Gasteiger partial charge in [-0.25, -0.2) is 12.7 Å². The standard InChI is InChI=1S/C17H27N3O3S/c1-3-13-24(22,23)20-11-9-15(10-12-20)19-16(21)17(2,18)14-7-5-4-6-8-14/h4-8,15H,3,9-13,18H2,1-2H3,(H,19,21). The zero-order valence-electron chi connectivity index (χ0n) is 14.4. The van der Waals surface area contributed by atoms with E-state index in [0.29, 0.717) is 32.4 Å². The molecule has 1 atom stereocenters. The largest absolute Gasteiger partial charge is 0.351 e. The minimum Gasteiger partial charge on any atom is -0.351 e. The summed E-state index contributed by atoms with van der Waals surface area (Å²) in [4.78, 5) is 12.5. The van der Waals surface area contributed by atoms with E-state index in [2.05, 4.69) is 5.32 Å². The molecule has 0 radical (unpaired) electrons. The second-order valence-electron chi connectivity index (χ2n) is 6.53. The lowest BCUT2D eigenvalue weighted by molar-refractivity contribution is -0.127. The summed E-state index contributed by atoms with van der Waals surface area (Å²) in [6.45, 7) is 4.44. The first kappa shape index (κ1) is 18.9. The van der Waals surface area contributed by atoms with Crippen LogP contribution in [0.25, 0.3) is 0 Å². The van der Waals surface area contributed by atoms with Gasteiger partial charge in [0.25, 0.3) is 0 Å². The number of hydrogen-bond donors (Lipinski definition) is 2. The van der Waals surface area contributed by atoms with Gasteiger partial charge in [0.15, 0.2) is 0 Å². The molecule has 0 saturated carbocycles. The van der Waals surface area contributed by atoms with E-state index in [0.717, 1.165) is 5.56 Å². The van der Waals surface area contributed by atoms with Crippen LogP contribution < -0.4 is 11.1 Å². The normalized spacial score (nSPS) is 19.6. The topological polar surface area (TPSA) is 92.5 Å². The van der Waals surface area contributed by atoms with Gasteiger partial charge in [-0.2, -0.15) is 0 Å². The Hall–Kier alpha value is -1.44. The fraction of sp³-hybridized carbons (Fsp3) is 0.588. The van der Waals surface area contributed by atoms with Gasteiger partial charge in [0.05, 0.1) is 5.75 Å². The van der Waals surface area contributed by atoms with Crippen LogP contribution in [0.2, 0.25) is 0 Å². The summed E-state index contributed by atoms with van der Waals surface area (Å²) in [5.74, 6) is -0.0533. The van der Waals surface area contributed by atoms with Crippen molar-refractivity contribution in [3.05, 3.63) is 35.9 Å². The van der Waals surface area contributed by atoms with Gasteiger partial charge >= 0.3 is 0 Å². The zero-order chi connectivity index (χ0) is 17.8. The van der Waals surface area contributed by atoms with Gasteiger partial charge < -0.3 is 11.1 Å².